The summed E-state index contributed by atoms with van der Waals surface area (Å²) in [5, 5.41) is 0. The van der Waals surface area contributed by atoms with Gasteiger partial charge in [0.1, 0.15) is 19.3 Å². The molecule has 0 aliphatic rings. The monoisotopic (exact) mass is 916 g/mol. The van der Waals surface area contributed by atoms with Crippen molar-refractivity contribution < 1.29 is 37.3 Å². The molecule has 0 aromatic rings. The lowest BCUT2D eigenvalue weighted by atomic mass is 10.0. The first kappa shape index (κ1) is 62.5. The van der Waals surface area contributed by atoms with Gasteiger partial charge in [-0.25, -0.2) is 0 Å². The smallest absolute Gasteiger partial charge is 0.306 e. The molecular weight excluding hydrogens is 806 g/mol. The summed E-state index contributed by atoms with van der Waals surface area (Å²) >= 11 is 0. The Morgan fingerprint density at radius 3 is 1.05 bits per heavy atom. The standard InChI is InChI=1S/C54H110NO7P/c1-6-8-10-12-14-16-18-20-22-24-26-27-28-29-30-31-33-35-37-39-41-43-45-47-54(56)62-53(52-61-63(57,58)60-50-48-55(3,4)5)51-59-49-46-44-42-40-38-36-34-32-25-23-21-19-17-15-13-11-9-7-2/h53H,6-52H2,1-5H3. The third-order valence-corrected chi connectivity index (χ3v) is 13.6. The largest absolute Gasteiger partial charge is 0.756 e. The number of likely N-dealkylation sites (N-methyl/N-ethyl adjacent to an activating group) is 1. The average molecular weight is 916 g/mol. The molecule has 0 radical (unpaired) electrons. The van der Waals surface area contributed by atoms with E-state index in [-0.39, 0.29) is 25.8 Å². The highest BCUT2D eigenvalue weighted by Crippen LogP contribution is 2.38. The fourth-order valence-electron chi connectivity index (χ4n) is 8.37. The number of carbonyl (C=O) groups is 1. The number of hydrogen-bond acceptors (Lipinski definition) is 7. The number of carbonyl (C=O) groups excluding carboxylic acids is 1. The minimum atomic E-state index is -4.52. The van der Waals surface area contributed by atoms with Crippen LogP contribution in [0.5, 0.6) is 0 Å². The van der Waals surface area contributed by atoms with Gasteiger partial charge in [0.25, 0.3) is 7.82 Å². The van der Waals surface area contributed by atoms with E-state index in [2.05, 4.69) is 13.8 Å². The van der Waals surface area contributed by atoms with Crippen LogP contribution in [0.25, 0.3) is 0 Å². The van der Waals surface area contributed by atoms with Crippen LogP contribution in [0.15, 0.2) is 0 Å². The van der Waals surface area contributed by atoms with Crippen LogP contribution in [0.2, 0.25) is 0 Å². The van der Waals surface area contributed by atoms with Gasteiger partial charge in [-0.3, -0.25) is 9.36 Å². The fraction of sp³-hybridized carbons (Fsp3) is 0.981. The molecular formula is C54H110NO7P. The van der Waals surface area contributed by atoms with Crippen molar-refractivity contribution in [1.82, 2.24) is 0 Å². The van der Waals surface area contributed by atoms with Crippen molar-refractivity contribution in [2.45, 2.75) is 290 Å². The average Bonchev–Trinajstić information content (AvgIpc) is 3.24. The highest BCUT2D eigenvalue weighted by Gasteiger charge is 2.20. The van der Waals surface area contributed by atoms with Gasteiger partial charge in [0.05, 0.1) is 34.4 Å². The normalized spacial score (nSPS) is 13.4. The van der Waals surface area contributed by atoms with Gasteiger partial charge in [0.15, 0.2) is 0 Å². The Hall–Kier alpha value is -0.500. The molecule has 0 aliphatic carbocycles. The maximum absolute atomic E-state index is 12.8. The lowest BCUT2D eigenvalue weighted by Crippen LogP contribution is -2.37. The minimum Gasteiger partial charge on any atom is -0.756 e. The zero-order valence-electron chi connectivity index (χ0n) is 43.1. The van der Waals surface area contributed by atoms with Crippen LogP contribution in [-0.2, 0) is 27.9 Å². The van der Waals surface area contributed by atoms with E-state index in [4.69, 9.17) is 18.5 Å². The second-order valence-electron chi connectivity index (χ2n) is 20.3. The van der Waals surface area contributed by atoms with Crippen LogP contribution in [-0.4, -0.2) is 70.7 Å². The highest BCUT2D eigenvalue weighted by atomic mass is 31.2. The molecule has 0 bridgehead atoms. The molecule has 0 N–H and O–H groups in total. The summed E-state index contributed by atoms with van der Waals surface area (Å²) in [6.07, 6.45) is 54.2. The molecule has 0 saturated carbocycles. The van der Waals surface area contributed by atoms with Crippen molar-refractivity contribution in [3.8, 4) is 0 Å². The van der Waals surface area contributed by atoms with E-state index in [9.17, 15) is 14.3 Å². The summed E-state index contributed by atoms with van der Waals surface area (Å²) < 4.78 is 34.8. The number of nitrogens with zero attached hydrogens (tertiary/aromatic N) is 1. The van der Waals surface area contributed by atoms with Crippen molar-refractivity contribution in [2.24, 2.45) is 0 Å². The van der Waals surface area contributed by atoms with Crippen molar-refractivity contribution in [3.05, 3.63) is 0 Å². The summed E-state index contributed by atoms with van der Waals surface area (Å²) in [7, 11) is 1.38. The molecule has 0 aromatic heterocycles. The second-order valence-corrected chi connectivity index (χ2v) is 21.7. The van der Waals surface area contributed by atoms with Crippen molar-refractivity contribution in [1.29, 1.82) is 0 Å². The summed E-state index contributed by atoms with van der Waals surface area (Å²) in [4.78, 5) is 25.2. The molecule has 0 aliphatic heterocycles. The van der Waals surface area contributed by atoms with Gasteiger partial charge in [-0.1, -0.05) is 264 Å². The molecule has 2 unspecified atom stereocenters. The predicted molar refractivity (Wildman–Crippen MR) is 268 cm³/mol. The van der Waals surface area contributed by atoms with Gasteiger partial charge in [-0.05, 0) is 12.8 Å². The Morgan fingerprint density at radius 2 is 0.730 bits per heavy atom. The zero-order chi connectivity index (χ0) is 46.2. The highest BCUT2D eigenvalue weighted by molar-refractivity contribution is 7.45. The number of phosphoric ester groups is 1. The van der Waals surface area contributed by atoms with Crippen LogP contribution >= 0.6 is 7.82 Å². The number of ether oxygens (including phenoxy) is 2. The number of hydrogen-bond donors (Lipinski definition) is 0. The third-order valence-electron chi connectivity index (χ3n) is 12.7. The minimum absolute atomic E-state index is 0.0319. The van der Waals surface area contributed by atoms with Gasteiger partial charge >= 0.3 is 5.97 Å². The maximum atomic E-state index is 12.8. The van der Waals surface area contributed by atoms with Crippen molar-refractivity contribution in [3.63, 3.8) is 0 Å². The van der Waals surface area contributed by atoms with Crippen LogP contribution in [0, 0.1) is 0 Å². The number of esters is 1. The van der Waals surface area contributed by atoms with Gasteiger partial charge in [0, 0.05) is 13.0 Å². The topological polar surface area (TPSA) is 94.1 Å². The number of rotatable bonds is 53. The van der Waals surface area contributed by atoms with Crippen molar-refractivity contribution in [2.75, 3.05) is 54.1 Å². The molecule has 8 nitrogen and oxygen atoms in total. The summed E-state index contributed by atoms with van der Waals surface area (Å²) in [5.41, 5.74) is 0. The molecule has 0 heterocycles. The van der Waals surface area contributed by atoms with E-state index in [0.29, 0.717) is 24.1 Å². The summed E-state index contributed by atoms with van der Waals surface area (Å²) in [6.45, 7) is 5.50. The first-order chi connectivity index (χ1) is 30.6. The first-order valence-electron chi connectivity index (χ1n) is 27.8. The van der Waals surface area contributed by atoms with Gasteiger partial charge < -0.3 is 27.9 Å². The number of quaternary nitrogens is 1. The van der Waals surface area contributed by atoms with Gasteiger partial charge in [-0.2, -0.15) is 0 Å². The van der Waals surface area contributed by atoms with E-state index >= 15 is 0 Å². The van der Waals surface area contributed by atoms with Crippen LogP contribution in [0.3, 0.4) is 0 Å². The van der Waals surface area contributed by atoms with E-state index in [1.807, 2.05) is 21.1 Å². The Labute approximate surface area is 393 Å². The quantitative estimate of drug-likeness (QED) is 0.0260. The number of phosphoric acid groups is 1. The molecule has 0 spiro atoms. The Bertz CT molecular complexity index is 976. The summed E-state index contributed by atoms with van der Waals surface area (Å²) in [5.74, 6) is -0.324. The third kappa shape index (κ3) is 52.3. The molecule has 0 rings (SSSR count). The molecule has 9 heteroatoms. The number of unbranched alkanes of at least 4 members (excludes halogenated alkanes) is 39. The predicted octanol–water partition coefficient (Wildman–Crippen LogP) is 16.5. The Kier molecular flexibility index (Phi) is 47.6. The van der Waals surface area contributed by atoms with Gasteiger partial charge in [0.2, 0.25) is 0 Å². The van der Waals surface area contributed by atoms with Crippen LogP contribution < -0.4 is 4.89 Å². The molecule has 0 fully saturated rings. The first-order valence-corrected chi connectivity index (χ1v) is 29.2. The van der Waals surface area contributed by atoms with E-state index < -0.39 is 13.9 Å². The second kappa shape index (κ2) is 48.0. The molecule has 0 aromatic carbocycles. The molecule has 0 saturated heterocycles. The van der Waals surface area contributed by atoms with Crippen molar-refractivity contribution >= 4 is 13.8 Å². The van der Waals surface area contributed by atoms with Crippen LogP contribution in [0.1, 0.15) is 284 Å². The lowest BCUT2D eigenvalue weighted by Gasteiger charge is -2.28. The SMILES string of the molecule is CCCCCCCCCCCCCCCCCCCCCCCCCC(=O)OC(COCCCCCCCCCCCCCCCCCCCC)COP(=O)([O-])OCC[N+](C)(C)C. The Balaban J connectivity index is 4.03. The lowest BCUT2D eigenvalue weighted by molar-refractivity contribution is -0.870. The fourth-order valence-corrected chi connectivity index (χ4v) is 9.10. The maximum Gasteiger partial charge on any atom is 0.306 e. The van der Waals surface area contributed by atoms with E-state index in [1.165, 1.54) is 231 Å². The van der Waals surface area contributed by atoms with E-state index in [0.717, 1.165) is 32.1 Å². The molecule has 2 atom stereocenters. The van der Waals surface area contributed by atoms with Crippen LogP contribution in [0.4, 0.5) is 0 Å². The zero-order valence-corrected chi connectivity index (χ0v) is 44.0. The molecule has 0 amide bonds. The van der Waals surface area contributed by atoms with Gasteiger partial charge in [-0.15, -0.1) is 0 Å². The Morgan fingerprint density at radius 1 is 0.429 bits per heavy atom. The summed E-state index contributed by atoms with van der Waals surface area (Å²) in [6, 6.07) is 0. The molecule has 63 heavy (non-hydrogen) atoms. The molecule has 378 valence electrons. The van der Waals surface area contributed by atoms with E-state index in [1.54, 1.807) is 0 Å².